The number of nitrogens with zero attached hydrogens (tertiary/aromatic N) is 3. The highest BCUT2D eigenvalue weighted by molar-refractivity contribution is 7.99. The van der Waals surface area contributed by atoms with E-state index in [9.17, 15) is 0 Å². The number of rotatable bonds is 2. The van der Waals surface area contributed by atoms with Crippen LogP contribution in [-0.4, -0.2) is 27.1 Å². The molecule has 0 bridgehead atoms. The second-order valence-corrected chi connectivity index (χ2v) is 6.56. The topological polar surface area (TPSA) is 42.7 Å². The summed E-state index contributed by atoms with van der Waals surface area (Å²) in [6.45, 7) is 6.55. The highest BCUT2D eigenvalue weighted by atomic mass is 32.2. The van der Waals surface area contributed by atoms with E-state index in [0.29, 0.717) is 17.2 Å². The van der Waals surface area contributed by atoms with E-state index >= 15 is 0 Å². The van der Waals surface area contributed by atoms with E-state index < -0.39 is 0 Å². The lowest BCUT2D eigenvalue weighted by atomic mass is 10.0. The summed E-state index contributed by atoms with van der Waals surface area (Å²) in [6.07, 6.45) is 2.59. The maximum Gasteiger partial charge on any atom is 0.150 e. The highest BCUT2D eigenvalue weighted by Crippen LogP contribution is 2.40. The summed E-state index contributed by atoms with van der Waals surface area (Å²) in [5.74, 6) is 4.21. The Labute approximate surface area is 107 Å². The first kappa shape index (κ1) is 11.5. The molecule has 2 unspecified atom stereocenters. The fraction of sp³-hybridized carbons (Fsp3) is 0.833. The van der Waals surface area contributed by atoms with E-state index in [1.54, 1.807) is 0 Å². The van der Waals surface area contributed by atoms with Gasteiger partial charge in [0.25, 0.3) is 0 Å². The molecule has 0 spiro atoms. The summed E-state index contributed by atoms with van der Waals surface area (Å²) in [6, 6.07) is 0.372. The van der Waals surface area contributed by atoms with Gasteiger partial charge in [-0.3, -0.25) is 0 Å². The molecular weight excluding hydrogens is 232 g/mol. The molecule has 0 amide bonds. The van der Waals surface area contributed by atoms with Gasteiger partial charge >= 0.3 is 0 Å². The Kier molecular flexibility index (Phi) is 3.13. The molecule has 3 heterocycles. The summed E-state index contributed by atoms with van der Waals surface area (Å²) < 4.78 is 2.37. The number of aromatic nitrogens is 3. The molecule has 1 N–H and O–H groups in total. The van der Waals surface area contributed by atoms with Crippen molar-refractivity contribution in [2.75, 3.05) is 12.3 Å². The summed E-state index contributed by atoms with van der Waals surface area (Å²) in [5, 5.41) is 13.0. The number of hydrogen-bond donors (Lipinski definition) is 1. The third-order valence-corrected chi connectivity index (χ3v) is 5.04. The van der Waals surface area contributed by atoms with Gasteiger partial charge in [-0.1, -0.05) is 13.8 Å². The maximum absolute atomic E-state index is 4.46. The lowest BCUT2D eigenvalue weighted by molar-refractivity contribution is 0.334. The second kappa shape index (κ2) is 4.61. The van der Waals surface area contributed by atoms with Gasteiger partial charge in [0.1, 0.15) is 5.82 Å². The minimum absolute atomic E-state index is 0.372. The molecule has 1 saturated heterocycles. The zero-order valence-corrected chi connectivity index (χ0v) is 11.3. The van der Waals surface area contributed by atoms with Gasteiger partial charge in [-0.25, -0.2) is 0 Å². The number of hydrogen-bond acceptors (Lipinski definition) is 4. The molecule has 4 nitrogen and oxygen atoms in total. The number of thioether (sulfide) groups is 1. The average Bonchev–Trinajstić information content (AvgIpc) is 2.96. The smallest absolute Gasteiger partial charge is 0.150 e. The molecule has 0 saturated carbocycles. The van der Waals surface area contributed by atoms with Crippen molar-refractivity contribution in [2.45, 2.75) is 44.5 Å². The van der Waals surface area contributed by atoms with E-state index in [1.807, 2.05) is 11.8 Å². The van der Waals surface area contributed by atoms with Gasteiger partial charge in [0, 0.05) is 13.1 Å². The molecule has 3 rings (SSSR count). The van der Waals surface area contributed by atoms with Crippen LogP contribution >= 0.6 is 11.8 Å². The van der Waals surface area contributed by atoms with E-state index in [4.69, 9.17) is 0 Å². The fourth-order valence-electron chi connectivity index (χ4n) is 2.76. The predicted octanol–water partition coefficient (Wildman–Crippen LogP) is 2.15. The quantitative estimate of drug-likeness (QED) is 0.876. The third-order valence-electron chi connectivity index (χ3n) is 3.67. The minimum Gasteiger partial charge on any atom is -0.311 e. The Morgan fingerprint density at radius 1 is 1.35 bits per heavy atom. The third kappa shape index (κ3) is 1.99. The van der Waals surface area contributed by atoms with Crippen LogP contribution in [0.1, 0.15) is 49.6 Å². The Balaban J connectivity index is 1.93. The van der Waals surface area contributed by atoms with Gasteiger partial charge in [-0.05, 0) is 24.5 Å². The van der Waals surface area contributed by atoms with E-state index in [1.165, 1.54) is 24.4 Å². The molecule has 17 heavy (non-hydrogen) atoms. The molecular formula is C12H20N4S. The van der Waals surface area contributed by atoms with Gasteiger partial charge < -0.3 is 9.88 Å². The van der Waals surface area contributed by atoms with Gasteiger partial charge in [0.05, 0.1) is 11.3 Å². The van der Waals surface area contributed by atoms with Crippen molar-refractivity contribution in [1.82, 2.24) is 20.1 Å². The van der Waals surface area contributed by atoms with Crippen LogP contribution in [0.15, 0.2) is 0 Å². The van der Waals surface area contributed by atoms with Crippen LogP contribution < -0.4 is 5.32 Å². The Morgan fingerprint density at radius 2 is 2.18 bits per heavy atom. The van der Waals surface area contributed by atoms with Crippen molar-refractivity contribution in [3.63, 3.8) is 0 Å². The predicted molar refractivity (Wildman–Crippen MR) is 70.0 cm³/mol. The van der Waals surface area contributed by atoms with Crippen molar-refractivity contribution in [3.8, 4) is 0 Å². The minimum atomic E-state index is 0.372. The van der Waals surface area contributed by atoms with Crippen molar-refractivity contribution < 1.29 is 0 Å². The van der Waals surface area contributed by atoms with Crippen LogP contribution in [0.3, 0.4) is 0 Å². The molecule has 1 aromatic heterocycles. The van der Waals surface area contributed by atoms with E-state index in [0.717, 1.165) is 18.9 Å². The number of fused-ring (bicyclic) bond motifs is 1. The van der Waals surface area contributed by atoms with Gasteiger partial charge in [-0.2, -0.15) is 11.8 Å². The molecule has 2 atom stereocenters. The van der Waals surface area contributed by atoms with Crippen LogP contribution in [0.5, 0.6) is 0 Å². The molecule has 5 heteroatoms. The van der Waals surface area contributed by atoms with Crippen LogP contribution in [0, 0.1) is 5.92 Å². The molecule has 2 aliphatic heterocycles. The summed E-state index contributed by atoms with van der Waals surface area (Å²) in [5.41, 5.74) is 0. The summed E-state index contributed by atoms with van der Waals surface area (Å²) in [4.78, 5) is 0. The average molecular weight is 252 g/mol. The molecule has 1 aromatic rings. The fourth-order valence-corrected chi connectivity index (χ4v) is 4.04. The van der Waals surface area contributed by atoms with Crippen LogP contribution in [0.4, 0.5) is 0 Å². The van der Waals surface area contributed by atoms with Crippen LogP contribution in [-0.2, 0) is 6.54 Å². The molecule has 0 radical (unpaired) electrons. The Bertz CT molecular complexity index is 382. The first-order valence-electron chi connectivity index (χ1n) is 6.55. The highest BCUT2D eigenvalue weighted by Gasteiger charge is 2.30. The van der Waals surface area contributed by atoms with E-state index in [-0.39, 0.29) is 0 Å². The van der Waals surface area contributed by atoms with Crippen molar-refractivity contribution in [1.29, 1.82) is 0 Å². The molecule has 0 aromatic carbocycles. The SMILES string of the molecule is CC(C)C1NCCn2c(C3CCCS3)nnc21. The molecule has 0 aliphatic carbocycles. The zero-order chi connectivity index (χ0) is 11.8. The monoisotopic (exact) mass is 252 g/mol. The van der Waals surface area contributed by atoms with Crippen molar-refractivity contribution in [3.05, 3.63) is 11.6 Å². The molecule has 94 valence electrons. The van der Waals surface area contributed by atoms with Gasteiger partial charge in [-0.15, -0.1) is 10.2 Å². The summed E-state index contributed by atoms with van der Waals surface area (Å²) >= 11 is 2.04. The normalized spacial score (nSPS) is 28.6. The molecule has 2 aliphatic rings. The standard InChI is InChI=1S/C12H20N4S/c1-8(2)10-12-15-14-11(9-4-3-7-17-9)16(12)6-5-13-10/h8-10,13H,3-7H2,1-2H3. The Hall–Kier alpha value is -0.550. The van der Waals surface area contributed by atoms with Crippen LogP contribution in [0.2, 0.25) is 0 Å². The largest absolute Gasteiger partial charge is 0.311 e. The first-order chi connectivity index (χ1) is 8.27. The van der Waals surface area contributed by atoms with Crippen LogP contribution in [0.25, 0.3) is 0 Å². The Morgan fingerprint density at radius 3 is 2.88 bits per heavy atom. The first-order valence-corrected chi connectivity index (χ1v) is 7.60. The molecule has 1 fully saturated rings. The lowest BCUT2D eigenvalue weighted by Crippen LogP contribution is -2.37. The van der Waals surface area contributed by atoms with Gasteiger partial charge in [0.15, 0.2) is 5.82 Å². The number of nitrogens with one attached hydrogen (secondary N) is 1. The second-order valence-electron chi connectivity index (χ2n) is 5.25. The van der Waals surface area contributed by atoms with E-state index in [2.05, 4.69) is 33.9 Å². The van der Waals surface area contributed by atoms with Crippen molar-refractivity contribution in [2.24, 2.45) is 5.92 Å². The van der Waals surface area contributed by atoms with Crippen molar-refractivity contribution >= 4 is 11.8 Å². The lowest BCUT2D eigenvalue weighted by Gasteiger charge is -2.28. The maximum atomic E-state index is 4.46. The summed E-state index contributed by atoms with van der Waals surface area (Å²) in [7, 11) is 0. The zero-order valence-electron chi connectivity index (χ0n) is 10.5. The van der Waals surface area contributed by atoms with Gasteiger partial charge in [0.2, 0.25) is 0 Å².